The van der Waals surface area contributed by atoms with Gasteiger partial charge < -0.3 is 10.2 Å². The molecule has 1 fully saturated rings. The summed E-state index contributed by atoms with van der Waals surface area (Å²) < 4.78 is 2.07. The molecule has 5 heteroatoms. The number of anilines is 1. The van der Waals surface area contributed by atoms with Crippen molar-refractivity contribution < 1.29 is 0 Å². The van der Waals surface area contributed by atoms with E-state index in [0.29, 0.717) is 0 Å². The number of thiocarbonyl (C=S) groups is 1. The molecular weight excluding hydrogens is 328 g/mol. The Hall–Kier alpha value is -1.88. The van der Waals surface area contributed by atoms with Gasteiger partial charge in [-0.3, -0.25) is 4.68 Å². The number of nitrogens with one attached hydrogen (secondary N) is 1. The minimum absolute atomic E-state index is 0.787. The summed E-state index contributed by atoms with van der Waals surface area (Å²) in [6.45, 7) is 11.5. The van der Waals surface area contributed by atoms with Gasteiger partial charge in [0.25, 0.3) is 0 Å². The summed E-state index contributed by atoms with van der Waals surface area (Å²) in [7, 11) is 0. The molecule has 4 nitrogen and oxygen atoms in total. The van der Waals surface area contributed by atoms with Gasteiger partial charge in [-0.1, -0.05) is 31.2 Å². The van der Waals surface area contributed by atoms with Gasteiger partial charge in [0.15, 0.2) is 5.11 Å². The molecule has 0 spiro atoms. The zero-order chi connectivity index (χ0) is 18.0. The van der Waals surface area contributed by atoms with Gasteiger partial charge in [0.05, 0.1) is 23.6 Å². The SMILES string of the molecule is Cc1ccccc1Cn1nc(C)c(NC(=S)N2CCC(C)CC2)c1C. The van der Waals surface area contributed by atoms with Gasteiger partial charge in [0.1, 0.15) is 0 Å². The minimum atomic E-state index is 0.787. The number of aryl methyl sites for hydroxylation is 2. The summed E-state index contributed by atoms with van der Waals surface area (Å²) in [5.41, 5.74) is 5.78. The first-order valence-corrected chi connectivity index (χ1v) is 9.51. The van der Waals surface area contributed by atoms with E-state index in [4.69, 9.17) is 17.3 Å². The predicted octanol–water partition coefficient (Wildman–Crippen LogP) is 4.29. The summed E-state index contributed by atoms with van der Waals surface area (Å²) in [5.74, 6) is 0.805. The van der Waals surface area contributed by atoms with Crippen molar-refractivity contribution >= 4 is 23.0 Å². The molecule has 1 saturated heterocycles. The lowest BCUT2D eigenvalue weighted by Crippen LogP contribution is -2.40. The summed E-state index contributed by atoms with van der Waals surface area (Å²) in [5, 5.41) is 9.02. The van der Waals surface area contributed by atoms with Crippen LogP contribution in [0.5, 0.6) is 0 Å². The van der Waals surface area contributed by atoms with Crippen molar-refractivity contribution in [1.29, 1.82) is 0 Å². The Morgan fingerprint density at radius 3 is 2.56 bits per heavy atom. The second-order valence-electron chi connectivity index (χ2n) is 7.23. The van der Waals surface area contributed by atoms with E-state index in [0.717, 1.165) is 47.7 Å². The van der Waals surface area contributed by atoms with Gasteiger partial charge in [-0.05, 0) is 62.9 Å². The quantitative estimate of drug-likeness (QED) is 0.832. The molecule has 1 aliphatic rings. The van der Waals surface area contributed by atoms with Crippen molar-refractivity contribution in [1.82, 2.24) is 14.7 Å². The summed E-state index contributed by atoms with van der Waals surface area (Å²) >= 11 is 5.65. The van der Waals surface area contributed by atoms with Gasteiger partial charge in [-0.15, -0.1) is 0 Å². The molecule has 25 heavy (non-hydrogen) atoms. The molecule has 0 radical (unpaired) electrons. The van der Waals surface area contributed by atoms with Gasteiger partial charge in [-0.2, -0.15) is 5.10 Å². The Morgan fingerprint density at radius 2 is 1.88 bits per heavy atom. The largest absolute Gasteiger partial charge is 0.349 e. The van der Waals surface area contributed by atoms with Crippen LogP contribution in [0.2, 0.25) is 0 Å². The first-order valence-electron chi connectivity index (χ1n) is 9.10. The van der Waals surface area contributed by atoms with E-state index < -0.39 is 0 Å². The van der Waals surface area contributed by atoms with Crippen LogP contribution < -0.4 is 5.32 Å². The van der Waals surface area contributed by atoms with Crippen LogP contribution in [0.3, 0.4) is 0 Å². The molecule has 0 aliphatic carbocycles. The van der Waals surface area contributed by atoms with Crippen molar-refractivity contribution in [2.75, 3.05) is 18.4 Å². The molecule has 0 bridgehead atoms. The lowest BCUT2D eigenvalue weighted by molar-refractivity contribution is 0.283. The monoisotopic (exact) mass is 356 g/mol. The highest BCUT2D eigenvalue weighted by Crippen LogP contribution is 2.23. The van der Waals surface area contributed by atoms with Crippen LogP contribution in [-0.2, 0) is 6.54 Å². The fraction of sp³-hybridized carbons (Fsp3) is 0.500. The highest BCUT2D eigenvalue weighted by Gasteiger charge is 2.20. The van der Waals surface area contributed by atoms with E-state index in [1.165, 1.54) is 24.0 Å². The topological polar surface area (TPSA) is 33.1 Å². The summed E-state index contributed by atoms with van der Waals surface area (Å²) in [6, 6.07) is 8.47. The van der Waals surface area contributed by atoms with E-state index >= 15 is 0 Å². The van der Waals surface area contributed by atoms with Crippen LogP contribution in [0.25, 0.3) is 0 Å². The minimum Gasteiger partial charge on any atom is -0.349 e. The number of rotatable bonds is 3. The fourth-order valence-electron chi connectivity index (χ4n) is 3.38. The smallest absolute Gasteiger partial charge is 0.173 e. The summed E-state index contributed by atoms with van der Waals surface area (Å²) in [4.78, 5) is 2.28. The van der Waals surface area contributed by atoms with Crippen LogP contribution >= 0.6 is 12.2 Å². The van der Waals surface area contributed by atoms with E-state index in [1.54, 1.807) is 0 Å². The molecule has 0 atom stereocenters. The van der Waals surface area contributed by atoms with Crippen LogP contribution in [-0.4, -0.2) is 32.9 Å². The molecule has 134 valence electrons. The molecule has 2 aromatic rings. The van der Waals surface area contributed by atoms with Crippen molar-refractivity contribution in [3.63, 3.8) is 0 Å². The van der Waals surface area contributed by atoms with Crippen molar-refractivity contribution in [2.24, 2.45) is 5.92 Å². The molecule has 1 N–H and O–H groups in total. The second-order valence-corrected chi connectivity index (χ2v) is 7.62. The zero-order valence-corrected chi connectivity index (χ0v) is 16.5. The van der Waals surface area contributed by atoms with Gasteiger partial charge in [-0.25, -0.2) is 0 Å². The lowest BCUT2D eigenvalue weighted by atomic mass is 10.00. The molecular formula is C20H28N4S. The second kappa shape index (κ2) is 7.56. The number of piperidine rings is 1. The van der Waals surface area contributed by atoms with Crippen LogP contribution in [0, 0.1) is 26.7 Å². The van der Waals surface area contributed by atoms with E-state index in [-0.39, 0.29) is 0 Å². The number of benzene rings is 1. The van der Waals surface area contributed by atoms with Crippen LogP contribution in [0.4, 0.5) is 5.69 Å². The van der Waals surface area contributed by atoms with Crippen molar-refractivity contribution in [3.8, 4) is 0 Å². The average Bonchev–Trinajstić information content (AvgIpc) is 2.85. The first-order chi connectivity index (χ1) is 12.0. The van der Waals surface area contributed by atoms with Crippen molar-refractivity contribution in [3.05, 3.63) is 46.8 Å². The first kappa shape index (κ1) is 17.9. The third-order valence-corrected chi connectivity index (χ3v) is 5.63. The molecule has 0 unspecified atom stereocenters. The van der Waals surface area contributed by atoms with Crippen molar-refractivity contribution in [2.45, 2.75) is 47.1 Å². The highest BCUT2D eigenvalue weighted by atomic mass is 32.1. The fourth-order valence-corrected chi connectivity index (χ4v) is 3.66. The third-order valence-electron chi connectivity index (χ3n) is 5.27. The maximum Gasteiger partial charge on any atom is 0.173 e. The molecule has 0 amide bonds. The molecule has 0 saturated carbocycles. The van der Waals surface area contributed by atoms with Gasteiger partial charge >= 0.3 is 0 Å². The normalized spacial score (nSPS) is 15.4. The van der Waals surface area contributed by atoms with Crippen LogP contribution in [0.1, 0.15) is 42.3 Å². The predicted molar refractivity (Wildman–Crippen MR) is 108 cm³/mol. The number of nitrogens with zero attached hydrogens (tertiary/aromatic N) is 3. The summed E-state index contributed by atoms with van der Waals surface area (Å²) in [6.07, 6.45) is 2.43. The Balaban J connectivity index is 1.73. The maximum atomic E-state index is 5.65. The Bertz CT molecular complexity index is 757. The molecule has 1 aromatic carbocycles. The van der Waals surface area contributed by atoms with Gasteiger partial charge in [0, 0.05) is 13.1 Å². The van der Waals surface area contributed by atoms with E-state index in [1.807, 2.05) is 6.92 Å². The van der Waals surface area contributed by atoms with E-state index in [2.05, 4.69) is 59.9 Å². The molecule has 3 rings (SSSR count). The molecule has 1 aliphatic heterocycles. The lowest BCUT2D eigenvalue weighted by Gasteiger charge is -2.32. The molecule has 2 heterocycles. The number of likely N-dealkylation sites (tertiary alicyclic amines) is 1. The number of aromatic nitrogens is 2. The third kappa shape index (κ3) is 4.03. The van der Waals surface area contributed by atoms with E-state index in [9.17, 15) is 0 Å². The number of hydrogen-bond acceptors (Lipinski definition) is 2. The standard InChI is InChI=1S/C20H28N4S/c1-14-9-11-23(12-10-14)20(25)21-19-16(3)22-24(17(19)4)13-18-8-6-5-7-15(18)2/h5-8,14H,9-13H2,1-4H3,(H,21,25). The zero-order valence-electron chi connectivity index (χ0n) is 15.7. The Morgan fingerprint density at radius 1 is 1.20 bits per heavy atom. The Kier molecular flexibility index (Phi) is 5.42. The highest BCUT2D eigenvalue weighted by molar-refractivity contribution is 7.80. The average molecular weight is 357 g/mol. The van der Waals surface area contributed by atoms with Gasteiger partial charge in [0.2, 0.25) is 0 Å². The maximum absolute atomic E-state index is 5.65. The molecule has 1 aromatic heterocycles. The Labute approximate surface area is 156 Å². The van der Waals surface area contributed by atoms with Crippen LogP contribution in [0.15, 0.2) is 24.3 Å². The number of hydrogen-bond donors (Lipinski definition) is 1.